The zero-order chi connectivity index (χ0) is 20.8. The molecule has 0 aliphatic carbocycles. The summed E-state index contributed by atoms with van der Waals surface area (Å²) >= 11 is 0. The van der Waals surface area contributed by atoms with E-state index in [0.717, 1.165) is 12.1 Å². The predicted octanol–water partition coefficient (Wildman–Crippen LogP) is 4.94. The predicted molar refractivity (Wildman–Crippen MR) is 95.7 cm³/mol. The number of aromatic amines is 1. The van der Waals surface area contributed by atoms with Crippen molar-refractivity contribution in [1.29, 1.82) is 0 Å². The zero-order valence-electron chi connectivity index (χ0n) is 14.8. The molecule has 4 rings (SSSR count). The quantitative estimate of drug-likeness (QED) is 0.474. The number of anilines is 1. The second-order valence-corrected chi connectivity index (χ2v) is 6.25. The molecular formula is C19H12F4N4O2. The maximum Gasteiger partial charge on any atom is 0.417 e. The second kappa shape index (κ2) is 6.73. The Bertz CT molecular complexity index is 1230. The topological polar surface area (TPSA) is 83.8 Å². The third kappa shape index (κ3) is 3.56. The minimum absolute atomic E-state index is 0.126. The number of hydrogen-bond donors (Lipinski definition) is 2. The summed E-state index contributed by atoms with van der Waals surface area (Å²) in [6, 6.07) is 8.43. The number of alkyl halides is 3. The average Bonchev–Trinajstić information content (AvgIpc) is 3.26. The maximum atomic E-state index is 13.4. The van der Waals surface area contributed by atoms with Gasteiger partial charge in [0.05, 0.1) is 16.6 Å². The first-order chi connectivity index (χ1) is 13.7. The van der Waals surface area contributed by atoms with E-state index in [-0.39, 0.29) is 28.3 Å². The van der Waals surface area contributed by atoms with E-state index in [0.29, 0.717) is 17.3 Å². The standard InChI is InChI=1S/C19H12F4N4O2/c1-9-7-15(27-29-9)25-18(28)12-3-2-4-14-16(12)26-17(24-14)11-6-5-10(20)8-13(11)19(21,22)23/h2-8H,1H3,(H,24,26)(H,25,27,28). The number of H-pyrrole nitrogens is 1. The molecule has 0 saturated carbocycles. The Morgan fingerprint density at radius 1 is 1.17 bits per heavy atom. The van der Waals surface area contributed by atoms with Crippen LogP contribution in [-0.4, -0.2) is 21.0 Å². The van der Waals surface area contributed by atoms with Crippen molar-refractivity contribution in [2.45, 2.75) is 13.1 Å². The Balaban J connectivity index is 1.79. The van der Waals surface area contributed by atoms with Crippen LogP contribution in [0.2, 0.25) is 0 Å². The highest BCUT2D eigenvalue weighted by molar-refractivity contribution is 6.11. The van der Waals surface area contributed by atoms with Gasteiger partial charge >= 0.3 is 6.18 Å². The van der Waals surface area contributed by atoms with Crippen LogP contribution in [0, 0.1) is 12.7 Å². The molecular weight excluding hydrogens is 392 g/mol. The summed E-state index contributed by atoms with van der Waals surface area (Å²) in [7, 11) is 0. The fourth-order valence-electron chi connectivity index (χ4n) is 2.91. The molecule has 29 heavy (non-hydrogen) atoms. The van der Waals surface area contributed by atoms with Gasteiger partial charge in [0.1, 0.15) is 22.9 Å². The van der Waals surface area contributed by atoms with Gasteiger partial charge in [-0.05, 0) is 37.3 Å². The van der Waals surface area contributed by atoms with Crippen LogP contribution >= 0.6 is 0 Å². The maximum absolute atomic E-state index is 13.4. The normalized spacial score (nSPS) is 11.8. The molecule has 4 aromatic rings. The minimum atomic E-state index is -4.78. The van der Waals surface area contributed by atoms with Crippen LogP contribution in [0.15, 0.2) is 47.0 Å². The van der Waals surface area contributed by atoms with Crippen LogP contribution in [-0.2, 0) is 6.18 Å². The zero-order valence-corrected chi connectivity index (χ0v) is 14.8. The summed E-state index contributed by atoms with van der Waals surface area (Å²) < 4.78 is 58.3. The summed E-state index contributed by atoms with van der Waals surface area (Å²) in [4.78, 5) is 19.5. The second-order valence-electron chi connectivity index (χ2n) is 6.25. The number of para-hydroxylation sites is 1. The molecule has 0 aliphatic rings. The molecule has 2 aromatic heterocycles. The number of rotatable bonds is 3. The summed E-state index contributed by atoms with van der Waals surface area (Å²) in [5.41, 5.74) is -0.852. The van der Waals surface area contributed by atoms with Crippen molar-refractivity contribution in [3.8, 4) is 11.4 Å². The van der Waals surface area contributed by atoms with Crippen molar-refractivity contribution in [2.24, 2.45) is 0 Å². The van der Waals surface area contributed by atoms with Crippen molar-refractivity contribution in [2.75, 3.05) is 5.32 Å². The van der Waals surface area contributed by atoms with Crippen LogP contribution in [0.1, 0.15) is 21.7 Å². The summed E-state index contributed by atoms with van der Waals surface area (Å²) in [6.07, 6.45) is -4.78. The van der Waals surface area contributed by atoms with E-state index in [4.69, 9.17) is 4.52 Å². The third-order valence-electron chi connectivity index (χ3n) is 4.17. The van der Waals surface area contributed by atoms with E-state index in [9.17, 15) is 22.4 Å². The van der Waals surface area contributed by atoms with E-state index < -0.39 is 23.5 Å². The molecule has 0 aliphatic heterocycles. The largest absolute Gasteiger partial charge is 0.417 e. The van der Waals surface area contributed by atoms with Gasteiger partial charge in [-0.15, -0.1) is 0 Å². The molecule has 148 valence electrons. The molecule has 2 N–H and O–H groups in total. The monoisotopic (exact) mass is 404 g/mol. The Labute approximate surface area is 160 Å². The molecule has 2 heterocycles. The highest BCUT2D eigenvalue weighted by Crippen LogP contribution is 2.37. The smallest absolute Gasteiger partial charge is 0.360 e. The number of benzene rings is 2. The van der Waals surface area contributed by atoms with Gasteiger partial charge in [-0.3, -0.25) is 4.79 Å². The number of carbonyl (C=O) groups excluding carboxylic acids is 1. The molecule has 10 heteroatoms. The molecule has 0 spiro atoms. The van der Waals surface area contributed by atoms with Gasteiger partial charge in [-0.2, -0.15) is 13.2 Å². The number of halogens is 4. The first-order valence-electron chi connectivity index (χ1n) is 8.33. The lowest BCUT2D eigenvalue weighted by molar-refractivity contribution is -0.137. The number of hydrogen-bond acceptors (Lipinski definition) is 4. The van der Waals surface area contributed by atoms with Gasteiger partial charge in [0.2, 0.25) is 0 Å². The fourth-order valence-corrected chi connectivity index (χ4v) is 2.91. The number of nitrogens with zero attached hydrogens (tertiary/aromatic N) is 2. The van der Waals surface area contributed by atoms with Crippen molar-refractivity contribution >= 4 is 22.8 Å². The number of aromatic nitrogens is 3. The van der Waals surface area contributed by atoms with Gasteiger partial charge in [-0.25, -0.2) is 9.37 Å². The first-order valence-corrected chi connectivity index (χ1v) is 8.33. The first kappa shape index (κ1) is 18.7. The fraction of sp³-hybridized carbons (Fsp3) is 0.105. The molecule has 2 aromatic carbocycles. The summed E-state index contributed by atoms with van der Waals surface area (Å²) in [5, 5.41) is 6.20. The van der Waals surface area contributed by atoms with Gasteiger partial charge < -0.3 is 14.8 Å². The third-order valence-corrected chi connectivity index (χ3v) is 4.17. The molecule has 0 saturated heterocycles. The van der Waals surface area contributed by atoms with E-state index in [1.807, 2.05) is 0 Å². The van der Waals surface area contributed by atoms with Crippen LogP contribution in [0.25, 0.3) is 22.4 Å². The van der Waals surface area contributed by atoms with E-state index in [2.05, 4.69) is 20.4 Å². The Kier molecular flexibility index (Phi) is 4.33. The summed E-state index contributed by atoms with van der Waals surface area (Å²) in [6.45, 7) is 1.66. The molecule has 0 unspecified atom stereocenters. The molecule has 1 amide bonds. The van der Waals surface area contributed by atoms with Crippen molar-refractivity contribution in [1.82, 2.24) is 15.1 Å². The van der Waals surface area contributed by atoms with Crippen LogP contribution < -0.4 is 5.32 Å². The number of amides is 1. The van der Waals surface area contributed by atoms with Crippen molar-refractivity contribution < 1.29 is 26.9 Å². The van der Waals surface area contributed by atoms with Gasteiger partial charge in [0, 0.05) is 11.6 Å². The SMILES string of the molecule is Cc1cc(NC(=O)c2cccc3[nH]c(-c4ccc(F)cc4C(F)(F)F)nc23)no1. The van der Waals surface area contributed by atoms with Gasteiger partial charge in [-0.1, -0.05) is 11.2 Å². The van der Waals surface area contributed by atoms with Crippen LogP contribution in [0.4, 0.5) is 23.4 Å². The highest BCUT2D eigenvalue weighted by Gasteiger charge is 2.35. The number of fused-ring (bicyclic) bond motifs is 1. The van der Waals surface area contributed by atoms with Crippen molar-refractivity contribution in [3.63, 3.8) is 0 Å². The van der Waals surface area contributed by atoms with Gasteiger partial charge in [0.25, 0.3) is 5.91 Å². The van der Waals surface area contributed by atoms with Gasteiger partial charge in [0.15, 0.2) is 5.82 Å². The molecule has 0 bridgehead atoms. The van der Waals surface area contributed by atoms with E-state index >= 15 is 0 Å². The Hall–Kier alpha value is -3.69. The lowest BCUT2D eigenvalue weighted by Crippen LogP contribution is -2.12. The lowest BCUT2D eigenvalue weighted by atomic mass is 10.1. The Morgan fingerprint density at radius 3 is 2.66 bits per heavy atom. The number of nitrogens with one attached hydrogen (secondary N) is 2. The number of imidazole rings is 1. The minimum Gasteiger partial charge on any atom is -0.360 e. The van der Waals surface area contributed by atoms with Crippen molar-refractivity contribution in [3.05, 3.63) is 65.2 Å². The van der Waals surface area contributed by atoms with Crippen LogP contribution in [0.5, 0.6) is 0 Å². The number of carbonyl (C=O) groups is 1. The molecule has 6 nitrogen and oxygen atoms in total. The molecule has 0 radical (unpaired) electrons. The lowest BCUT2D eigenvalue weighted by Gasteiger charge is -2.11. The Morgan fingerprint density at radius 2 is 1.97 bits per heavy atom. The van der Waals surface area contributed by atoms with E-state index in [1.54, 1.807) is 19.1 Å². The highest BCUT2D eigenvalue weighted by atomic mass is 19.4. The number of aryl methyl sites for hydroxylation is 1. The molecule has 0 fully saturated rings. The van der Waals surface area contributed by atoms with Crippen LogP contribution in [0.3, 0.4) is 0 Å². The van der Waals surface area contributed by atoms with E-state index in [1.165, 1.54) is 12.1 Å². The molecule has 0 atom stereocenters. The average molecular weight is 404 g/mol. The summed E-state index contributed by atoms with van der Waals surface area (Å²) in [5.74, 6) is -1.02.